The number of fused-ring (bicyclic) bond motifs is 3. The van der Waals surface area contributed by atoms with Crippen molar-refractivity contribution in [2.24, 2.45) is 0 Å². The summed E-state index contributed by atoms with van der Waals surface area (Å²) in [4.78, 5) is 14.3. The minimum absolute atomic E-state index is 0.168. The predicted molar refractivity (Wildman–Crippen MR) is 124 cm³/mol. The van der Waals surface area contributed by atoms with Gasteiger partial charge in [-0.15, -0.1) is 0 Å². The second kappa shape index (κ2) is 8.30. The van der Waals surface area contributed by atoms with Gasteiger partial charge in [0.15, 0.2) is 0 Å². The second-order valence-electron chi connectivity index (χ2n) is 8.12. The number of aromatic hydroxyl groups is 1. The molecular formula is C26H25NO5. The molecule has 0 spiro atoms. The van der Waals surface area contributed by atoms with E-state index in [2.05, 4.69) is 11.0 Å². The first-order valence-electron chi connectivity index (χ1n) is 10.7. The summed E-state index contributed by atoms with van der Waals surface area (Å²) in [6.45, 7) is 4.68. The number of methoxy groups -OCH3 is 1. The summed E-state index contributed by atoms with van der Waals surface area (Å²) in [7, 11) is 1.65. The van der Waals surface area contributed by atoms with Crippen LogP contribution in [0.4, 0.5) is 0 Å². The van der Waals surface area contributed by atoms with Crippen molar-refractivity contribution in [1.29, 1.82) is 0 Å². The van der Waals surface area contributed by atoms with E-state index in [0.29, 0.717) is 24.2 Å². The molecule has 1 aliphatic heterocycles. The van der Waals surface area contributed by atoms with Crippen LogP contribution in [0, 0.1) is 6.92 Å². The highest BCUT2D eigenvalue weighted by atomic mass is 16.5. The van der Waals surface area contributed by atoms with E-state index in [0.717, 1.165) is 46.3 Å². The average molecular weight is 431 g/mol. The van der Waals surface area contributed by atoms with Gasteiger partial charge in [0.25, 0.3) is 0 Å². The lowest BCUT2D eigenvalue weighted by molar-refractivity contribution is 0.0236. The molecule has 0 unspecified atom stereocenters. The van der Waals surface area contributed by atoms with E-state index in [-0.39, 0.29) is 11.8 Å². The summed E-state index contributed by atoms with van der Waals surface area (Å²) in [5, 5.41) is 13.7. The molecule has 1 fully saturated rings. The molecule has 32 heavy (non-hydrogen) atoms. The number of nitrogens with zero attached hydrogens (tertiary/aromatic N) is 1. The second-order valence-corrected chi connectivity index (χ2v) is 8.12. The van der Waals surface area contributed by atoms with Gasteiger partial charge in [0, 0.05) is 40.9 Å². The molecule has 6 nitrogen and oxygen atoms in total. The third-order valence-corrected chi connectivity index (χ3v) is 6.23. The molecule has 3 aromatic carbocycles. The predicted octanol–water partition coefficient (Wildman–Crippen LogP) is 4.39. The maximum absolute atomic E-state index is 12.0. The van der Waals surface area contributed by atoms with E-state index in [1.807, 2.05) is 49.4 Å². The Bertz CT molecular complexity index is 1350. The van der Waals surface area contributed by atoms with Crippen LogP contribution < -0.4 is 10.4 Å². The maximum Gasteiger partial charge on any atom is 0.336 e. The highest BCUT2D eigenvalue weighted by Gasteiger charge is 2.28. The number of morpholine rings is 1. The lowest BCUT2D eigenvalue weighted by Crippen LogP contribution is -2.39. The molecule has 4 aromatic rings. The van der Waals surface area contributed by atoms with Crippen molar-refractivity contribution in [1.82, 2.24) is 4.90 Å². The zero-order valence-corrected chi connectivity index (χ0v) is 18.1. The van der Waals surface area contributed by atoms with Gasteiger partial charge in [0.05, 0.1) is 26.4 Å². The Hall–Kier alpha value is -3.35. The van der Waals surface area contributed by atoms with E-state index >= 15 is 0 Å². The molecule has 2 heterocycles. The van der Waals surface area contributed by atoms with Crippen molar-refractivity contribution in [3.05, 3.63) is 81.7 Å². The molecule has 0 amide bonds. The molecule has 0 saturated carbocycles. The molecule has 1 saturated heterocycles. The molecule has 5 rings (SSSR count). The number of hydrogen-bond acceptors (Lipinski definition) is 6. The highest BCUT2D eigenvalue weighted by Crippen LogP contribution is 2.41. The van der Waals surface area contributed by atoms with Gasteiger partial charge in [-0.05, 0) is 42.3 Å². The smallest absolute Gasteiger partial charge is 0.336 e. The number of rotatable bonds is 4. The number of hydrogen-bond donors (Lipinski definition) is 1. The minimum Gasteiger partial charge on any atom is -0.507 e. The van der Waals surface area contributed by atoms with Gasteiger partial charge in [-0.25, -0.2) is 4.79 Å². The first-order valence-corrected chi connectivity index (χ1v) is 10.7. The summed E-state index contributed by atoms with van der Waals surface area (Å²) in [5.74, 6) is 0.956. The highest BCUT2D eigenvalue weighted by molar-refractivity contribution is 6.07. The molecule has 1 aromatic heterocycles. The van der Waals surface area contributed by atoms with Crippen molar-refractivity contribution in [2.45, 2.75) is 13.0 Å². The summed E-state index contributed by atoms with van der Waals surface area (Å²) in [6.07, 6.45) is 0. The van der Waals surface area contributed by atoms with Crippen molar-refractivity contribution in [3.8, 4) is 11.5 Å². The fourth-order valence-electron chi connectivity index (χ4n) is 4.64. The van der Waals surface area contributed by atoms with Gasteiger partial charge in [0.2, 0.25) is 0 Å². The normalized spacial score (nSPS) is 15.8. The minimum atomic E-state index is -0.395. The van der Waals surface area contributed by atoms with Crippen LogP contribution in [-0.2, 0) is 4.74 Å². The summed E-state index contributed by atoms with van der Waals surface area (Å²) in [6, 6.07) is 16.9. The van der Waals surface area contributed by atoms with E-state index in [1.165, 1.54) is 6.07 Å². The van der Waals surface area contributed by atoms with Crippen molar-refractivity contribution in [2.75, 3.05) is 33.4 Å². The van der Waals surface area contributed by atoms with Crippen LogP contribution >= 0.6 is 0 Å². The quantitative estimate of drug-likeness (QED) is 0.382. The summed E-state index contributed by atoms with van der Waals surface area (Å²) < 4.78 is 16.6. The molecular weight excluding hydrogens is 406 g/mol. The average Bonchev–Trinajstić information content (AvgIpc) is 2.81. The van der Waals surface area contributed by atoms with Gasteiger partial charge in [-0.2, -0.15) is 0 Å². The number of phenols is 1. The standard InChI is InChI=1S/C26H25NO5/c1-16-14-23(28)32-26-19(16)6-7-20-21(26)8-9-22(25(20)29)24(27-10-12-31-13-11-27)17-4-3-5-18(15-17)30-2/h3-9,14-15,24,29H,10-13H2,1-2H3/t24-/m1/s1. The molecule has 0 bridgehead atoms. The molecule has 1 atom stereocenters. The third kappa shape index (κ3) is 3.51. The zero-order valence-electron chi connectivity index (χ0n) is 18.1. The lowest BCUT2D eigenvalue weighted by atomic mass is 9.92. The van der Waals surface area contributed by atoms with Crippen molar-refractivity contribution >= 4 is 21.7 Å². The van der Waals surface area contributed by atoms with Crippen LogP contribution in [0.3, 0.4) is 0 Å². The van der Waals surface area contributed by atoms with E-state index in [4.69, 9.17) is 13.9 Å². The van der Waals surface area contributed by atoms with Crippen molar-refractivity contribution < 1.29 is 19.0 Å². The Morgan fingerprint density at radius 3 is 2.53 bits per heavy atom. The van der Waals surface area contributed by atoms with Crippen molar-refractivity contribution in [3.63, 3.8) is 0 Å². The van der Waals surface area contributed by atoms with Gasteiger partial charge in [0.1, 0.15) is 17.1 Å². The van der Waals surface area contributed by atoms with E-state index in [9.17, 15) is 9.90 Å². The molecule has 6 heteroatoms. The van der Waals surface area contributed by atoms with Crippen LogP contribution in [0.1, 0.15) is 22.7 Å². The third-order valence-electron chi connectivity index (χ3n) is 6.23. The fraction of sp³-hybridized carbons (Fsp3) is 0.269. The Kier molecular flexibility index (Phi) is 5.33. The van der Waals surface area contributed by atoms with Crippen LogP contribution in [0.5, 0.6) is 11.5 Å². The SMILES string of the molecule is COc1cccc([C@H](c2ccc3c(ccc4c(C)cc(=O)oc43)c2O)N2CCOCC2)c1. The molecule has 1 N–H and O–H groups in total. The lowest BCUT2D eigenvalue weighted by Gasteiger charge is -2.35. The fourth-order valence-corrected chi connectivity index (χ4v) is 4.64. The monoisotopic (exact) mass is 431 g/mol. The Labute approximate surface area is 185 Å². The molecule has 0 radical (unpaired) electrons. The summed E-state index contributed by atoms with van der Waals surface area (Å²) in [5.41, 5.74) is 2.78. The van der Waals surface area contributed by atoms with E-state index in [1.54, 1.807) is 7.11 Å². The van der Waals surface area contributed by atoms with Crippen LogP contribution in [0.15, 0.2) is 63.8 Å². The Morgan fingerprint density at radius 2 is 1.75 bits per heavy atom. The first-order chi connectivity index (χ1) is 15.6. The molecule has 1 aliphatic rings. The van der Waals surface area contributed by atoms with Gasteiger partial charge >= 0.3 is 5.63 Å². The topological polar surface area (TPSA) is 72.1 Å². The Balaban J connectivity index is 1.72. The summed E-state index contributed by atoms with van der Waals surface area (Å²) >= 11 is 0. The van der Waals surface area contributed by atoms with E-state index < -0.39 is 5.63 Å². The number of ether oxygens (including phenoxy) is 2. The maximum atomic E-state index is 12.0. The Morgan fingerprint density at radius 1 is 1.00 bits per heavy atom. The number of phenolic OH excluding ortho intramolecular Hbond substituents is 1. The molecule has 164 valence electrons. The molecule has 0 aliphatic carbocycles. The first kappa shape index (κ1) is 20.5. The largest absolute Gasteiger partial charge is 0.507 e. The van der Waals surface area contributed by atoms with Crippen LogP contribution in [0.25, 0.3) is 21.7 Å². The zero-order chi connectivity index (χ0) is 22.2. The number of benzene rings is 3. The number of aryl methyl sites for hydroxylation is 1. The van der Waals surface area contributed by atoms with Crippen LogP contribution in [0.2, 0.25) is 0 Å². The van der Waals surface area contributed by atoms with Gasteiger partial charge in [-0.1, -0.05) is 24.3 Å². The van der Waals surface area contributed by atoms with Crippen LogP contribution in [-0.4, -0.2) is 43.4 Å². The van der Waals surface area contributed by atoms with Gasteiger partial charge in [-0.3, -0.25) is 4.90 Å². The van der Waals surface area contributed by atoms with Gasteiger partial charge < -0.3 is 19.0 Å².